The average molecular weight is 180 g/mol. The fourth-order valence-corrected chi connectivity index (χ4v) is 1.04. The van der Waals surface area contributed by atoms with E-state index < -0.39 is 6.10 Å². The topological polar surface area (TPSA) is 75.3 Å². The Morgan fingerprint density at radius 3 is 3.00 bits per heavy atom. The minimum atomic E-state index is -0.700. The van der Waals surface area contributed by atoms with Crippen molar-refractivity contribution in [1.82, 2.24) is 5.32 Å². The lowest BCUT2D eigenvalue weighted by Gasteiger charge is -2.10. The molecule has 1 aromatic rings. The Balaban J connectivity index is 2.65. The highest BCUT2D eigenvalue weighted by molar-refractivity contribution is 5.46. The molecule has 4 N–H and O–H groups in total. The number of carbonyl (C=O) groups is 1. The zero-order chi connectivity index (χ0) is 9.68. The molecule has 0 aliphatic heterocycles. The van der Waals surface area contributed by atoms with E-state index in [1.165, 1.54) is 0 Å². The molecular formula is C9H12N2O2. The van der Waals surface area contributed by atoms with Gasteiger partial charge in [0.15, 0.2) is 0 Å². The maximum atomic E-state index is 9.96. The highest BCUT2D eigenvalue weighted by Gasteiger charge is 2.05. The summed E-state index contributed by atoms with van der Waals surface area (Å²) < 4.78 is 0. The predicted octanol–water partition coefficient (Wildman–Crippen LogP) is 0.0482. The van der Waals surface area contributed by atoms with Crippen molar-refractivity contribution >= 4 is 12.1 Å². The molecule has 0 spiro atoms. The zero-order valence-corrected chi connectivity index (χ0v) is 7.10. The normalized spacial score (nSPS) is 12.1. The fraction of sp³-hybridized carbons (Fsp3) is 0.222. The van der Waals surface area contributed by atoms with Gasteiger partial charge in [0.05, 0.1) is 6.10 Å². The molecule has 1 unspecified atom stereocenters. The number of nitrogens with one attached hydrogen (secondary N) is 1. The number of hydrogen-bond donors (Lipinski definition) is 3. The average Bonchev–Trinajstić information content (AvgIpc) is 2.14. The number of nitrogen functional groups attached to an aromatic ring is 1. The lowest BCUT2D eigenvalue weighted by atomic mass is 10.1. The summed E-state index contributed by atoms with van der Waals surface area (Å²) in [6.07, 6.45) is -0.149. The van der Waals surface area contributed by atoms with Crippen LogP contribution in [0.1, 0.15) is 11.7 Å². The maximum absolute atomic E-state index is 9.96. The SMILES string of the molecule is Nc1cccc(C(O)CNC=O)c1. The predicted molar refractivity (Wildman–Crippen MR) is 49.9 cm³/mol. The summed E-state index contributed by atoms with van der Waals surface area (Å²) >= 11 is 0. The Hall–Kier alpha value is -1.55. The van der Waals surface area contributed by atoms with Crippen molar-refractivity contribution in [3.05, 3.63) is 29.8 Å². The Morgan fingerprint density at radius 2 is 2.38 bits per heavy atom. The van der Waals surface area contributed by atoms with Crippen LogP contribution in [-0.2, 0) is 4.79 Å². The molecule has 4 nitrogen and oxygen atoms in total. The smallest absolute Gasteiger partial charge is 0.207 e. The van der Waals surface area contributed by atoms with E-state index >= 15 is 0 Å². The summed E-state index contributed by atoms with van der Waals surface area (Å²) in [6.45, 7) is 0.201. The highest BCUT2D eigenvalue weighted by atomic mass is 16.3. The Labute approximate surface area is 76.4 Å². The Morgan fingerprint density at radius 1 is 1.62 bits per heavy atom. The molecule has 0 bridgehead atoms. The van der Waals surface area contributed by atoms with Gasteiger partial charge >= 0.3 is 0 Å². The molecule has 0 aromatic heterocycles. The Bertz CT molecular complexity index is 289. The second-order valence-corrected chi connectivity index (χ2v) is 2.71. The third-order valence-corrected chi connectivity index (χ3v) is 1.69. The zero-order valence-electron chi connectivity index (χ0n) is 7.10. The molecule has 13 heavy (non-hydrogen) atoms. The van der Waals surface area contributed by atoms with E-state index in [2.05, 4.69) is 5.32 Å². The molecule has 1 atom stereocenters. The molecular weight excluding hydrogens is 168 g/mol. The van der Waals surface area contributed by atoms with E-state index in [0.29, 0.717) is 17.7 Å². The molecule has 0 heterocycles. The van der Waals surface area contributed by atoms with Gasteiger partial charge in [-0.2, -0.15) is 0 Å². The van der Waals surface area contributed by atoms with Crippen molar-refractivity contribution < 1.29 is 9.90 Å². The van der Waals surface area contributed by atoms with Crippen LogP contribution in [0, 0.1) is 0 Å². The largest absolute Gasteiger partial charge is 0.399 e. The van der Waals surface area contributed by atoms with Crippen LogP contribution in [-0.4, -0.2) is 18.1 Å². The molecule has 0 saturated heterocycles. The number of rotatable bonds is 4. The molecule has 1 rings (SSSR count). The fourth-order valence-electron chi connectivity index (χ4n) is 1.04. The van der Waals surface area contributed by atoms with E-state index in [-0.39, 0.29) is 6.54 Å². The van der Waals surface area contributed by atoms with Gasteiger partial charge in [0.1, 0.15) is 0 Å². The number of anilines is 1. The van der Waals surface area contributed by atoms with E-state index in [9.17, 15) is 9.90 Å². The van der Waals surface area contributed by atoms with Gasteiger partial charge in [-0.05, 0) is 17.7 Å². The first-order chi connectivity index (χ1) is 6.24. The molecule has 4 heteroatoms. The van der Waals surface area contributed by atoms with Crippen molar-refractivity contribution in [2.45, 2.75) is 6.10 Å². The van der Waals surface area contributed by atoms with Crippen LogP contribution in [0.5, 0.6) is 0 Å². The molecule has 0 aliphatic carbocycles. The summed E-state index contributed by atoms with van der Waals surface area (Å²) in [4.78, 5) is 9.96. The maximum Gasteiger partial charge on any atom is 0.207 e. The van der Waals surface area contributed by atoms with Crippen molar-refractivity contribution in [3.8, 4) is 0 Å². The summed E-state index contributed by atoms with van der Waals surface area (Å²) in [5, 5.41) is 11.9. The number of benzene rings is 1. The standard InChI is InChI=1S/C9H12N2O2/c10-8-3-1-2-7(4-8)9(13)5-11-6-12/h1-4,6,9,13H,5,10H2,(H,11,12). The molecule has 1 amide bonds. The lowest BCUT2D eigenvalue weighted by molar-refractivity contribution is -0.109. The first kappa shape index (κ1) is 9.54. The first-order valence-electron chi connectivity index (χ1n) is 3.94. The lowest BCUT2D eigenvalue weighted by Crippen LogP contribution is -2.19. The van der Waals surface area contributed by atoms with Gasteiger partial charge in [0, 0.05) is 12.2 Å². The number of hydrogen-bond acceptors (Lipinski definition) is 3. The number of nitrogens with two attached hydrogens (primary N) is 1. The van der Waals surface area contributed by atoms with Crippen molar-refractivity contribution in [2.75, 3.05) is 12.3 Å². The van der Waals surface area contributed by atoms with Gasteiger partial charge in [-0.1, -0.05) is 12.1 Å². The van der Waals surface area contributed by atoms with Gasteiger partial charge in [-0.15, -0.1) is 0 Å². The van der Waals surface area contributed by atoms with E-state index in [4.69, 9.17) is 5.73 Å². The number of carbonyl (C=O) groups excluding carboxylic acids is 1. The minimum absolute atomic E-state index is 0.201. The molecule has 0 radical (unpaired) electrons. The van der Waals surface area contributed by atoms with Crippen LogP contribution in [0.4, 0.5) is 5.69 Å². The molecule has 1 aromatic carbocycles. The third kappa shape index (κ3) is 2.76. The summed E-state index contributed by atoms with van der Waals surface area (Å²) in [6, 6.07) is 6.93. The monoisotopic (exact) mass is 180 g/mol. The van der Waals surface area contributed by atoms with Crippen LogP contribution in [0.3, 0.4) is 0 Å². The van der Waals surface area contributed by atoms with Crippen LogP contribution in [0.15, 0.2) is 24.3 Å². The van der Waals surface area contributed by atoms with Crippen molar-refractivity contribution in [3.63, 3.8) is 0 Å². The third-order valence-electron chi connectivity index (χ3n) is 1.69. The van der Waals surface area contributed by atoms with Crippen LogP contribution < -0.4 is 11.1 Å². The molecule has 0 saturated carbocycles. The molecule has 0 aliphatic rings. The van der Waals surface area contributed by atoms with Crippen LogP contribution >= 0.6 is 0 Å². The minimum Gasteiger partial charge on any atom is -0.399 e. The van der Waals surface area contributed by atoms with Gasteiger partial charge in [-0.25, -0.2) is 0 Å². The van der Waals surface area contributed by atoms with Gasteiger partial charge < -0.3 is 16.2 Å². The second kappa shape index (κ2) is 4.47. The van der Waals surface area contributed by atoms with Gasteiger partial charge in [0.25, 0.3) is 0 Å². The number of amides is 1. The summed E-state index contributed by atoms with van der Waals surface area (Å²) in [5.74, 6) is 0. The van der Waals surface area contributed by atoms with Gasteiger partial charge in [0.2, 0.25) is 6.41 Å². The second-order valence-electron chi connectivity index (χ2n) is 2.71. The van der Waals surface area contributed by atoms with Crippen LogP contribution in [0.25, 0.3) is 0 Å². The van der Waals surface area contributed by atoms with Crippen LogP contribution in [0.2, 0.25) is 0 Å². The summed E-state index contributed by atoms with van der Waals surface area (Å²) in [5.41, 5.74) is 6.83. The molecule has 0 fully saturated rings. The highest BCUT2D eigenvalue weighted by Crippen LogP contribution is 2.14. The van der Waals surface area contributed by atoms with Gasteiger partial charge in [-0.3, -0.25) is 4.79 Å². The Kier molecular flexibility index (Phi) is 3.28. The number of aliphatic hydroxyl groups excluding tert-OH is 1. The first-order valence-corrected chi connectivity index (χ1v) is 3.94. The number of aliphatic hydroxyl groups is 1. The summed E-state index contributed by atoms with van der Waals surface area (Å²) in [7, 11) is 0. The van der Waals surface area contributed by atoms with Crippen molar-refractivity contribution in [1.29, 1.82) is 0 Å². The van der Waals surface area contributed by atoms with Crippen molar-refractivity contribution in [2.24, 2.45) is 0 Å². The van der Waals surface area contributed by atoms with E-state index in [1.807, 2.05) is 0 Å². The molecule has 70 valence electrons. The van der Waals surface area contributed by atoms with E-state index in [1.54, 1.807) is 24.3 Å². The quantitative estimate of drug-likeness (QED) is 0.452. The van der Waals surface area contributed by atoms with E-state index in [0.717, 1.165) is 0 Å².